The summed E-state index contributed by atoms with van der Waals surface area (Å²) in [5, 5.41) is 0. The number of aryl methyl sites for hydroxylation is 2. The average Bonchev–Trinajstić information content (AvgIpc) is 2.26. The summed E-state index contributed by atoms with van der Waals surface area (Å²) in [6.45, 7) is 3.72. The second kappa shape index (κ2) is 7.12. The van der Waals surface area contributed by atoms with Crippen molar-refractivity contribution in [2.45, 2.75) is 31.2 Å². The van der Waals surface area contributed by atoms with Gasteiger partial charge in [0.15, 0.2) is 0 Å². The molecule has 0 bridgehead atoms. The lowest BCUT2D eigenvalue weighted by Gasteiger charge is -2.14. The van der Waals surface area contributed by atoms with E-state index in [1.165, 1.54) is 19.2 Å². The van der Waals surface area contributed by atoms with E-state index in [2.05, 4.69) is 4.72 Å². The summed E-state index contributed by atoms with van der Waals surface area (Å²) < 4.78 is 45.0. The highest BCUT2D eigenvalue weighted by atomic mass is 32.2. The average molecular weight is 304 g/mol. The molecule has 114 valence electrons. The Morgan fingerprint density at radius 1 is 1.35 bits per heavy atom. The predicted octanol–water partition coefficient (Wildman–Crippen LogP) is 1.08. The van der Waals surface area contributed by atoms with E-state index in [1.807, 2.05) is 0 Å². The zero-order chi connectivity index (χ0) is 15.3. The molecule has 0 aromatic heterocycles. The Morgan fingerprint density at radius 2 is 1.90 bits per heavy atom. The van der Waals surface area contributed by atoms with Crippen LogP contribution in [0.25, 0.3) is 0 Å². The van der Waals surface area contributed by atoms with Gasteiger partial charge in [-0.25, -0.2) is 17.5 Å². The number of rotatable bonds is 7. The molecule has 0 radical (unpaired) electrons. The Morgan fingerprint density at radius 3 is 2.40 bits per heavy atom. The highest BCUT2D eigenvalue weighted by Crippen LogP contribution is 2.21. The predicted molar refractivity (Wildman–Crippen MR) is 75.5 cm³/mol. The molecular weight excluding hydrogens is 283 g/mol. The molecule has 7 heteroatoms. The maximum absolute atomic E-state index is 13.2. The molecule has 5 nitrogen and oxygen atoms in total. The smallest absolute Gasteiger partial charge is 0.241 e. The van der Waals surface area contributed by atoms with Gasteiger partial charge in [0.25, 0.3) is 0 Å². The van der Waals surface area contributed by atoms with Crippen molar-refractivity contribution in [2.75, 3.05) is 20.3 Å². The number of nitrogens with one attached hydrogen (secondary N) is 1. The second-order valence-electron chi connectivity index (χ2n) is 4.77. The third-order valence-electron chi connectivity index (χ3n) is 2.88. The van der Waals surface area contributed by atoms with Crippen LogP contribution in [0.4, 0.5) is 4.39 Å². The van der Waals surface area contributed by atoms with Gasteiger partial charge in [-0.15, -0.1) is 0 Å². The molecule has 20 heavy (non-hydrogen) atoms. The summed E-state index contributed by atoms with van der Waals surface area (Å²) in [6, 6.07) is 2.19. The molecule has 1 unspecified atom stereocenters. The van der Waals surface area contributed by atoms with Crippen LogP contribution in [0.2, 0.25) is 0 Å². The first-order chi connectivity index (χ1) is 9.27. The van der Waals surface area contributed by atoms with Crippen LogP contribution in [0.3, 0.4) is 0 Å². The second-order valence-corrected chi connectivity index (χ2v) is 6.47. The summed E-state index contributed by atoms with van der Waals surface area (Å²) in [6.07, 6.45) is 0.465. The van der Waals surface area contributed by atoms with E-state index in [0.717, 1.165) is 0 Å². The molecule has 1 aromatic rings. The van der Waals surface area contributed by atoms with E-state index in [1.54, 1.807) is 13.8 Å². The first-order valence-corrected chi connectivity index (χ1v) is 7.77. The van der Waals surface area contributed by atoms with Crippen molar-refractivity contribution >= 4 is 10.0 Å². The summed E-state index contributed by atoms with van der Waals surface area (Å²) in [4.78, 5) is 0.124. The fourth-order valence-corrected chi connectivity index (χ4v) is 3.57. The topological polar surface area (TPSA) is 81.4 Å². The van der Waals surface area contributed by atoms with Crippen molar-refractivity contribution in [1.29, 1.82) is 0 Å². The Labute approximate surface area is 119 Å². The van der Waals surface area contributed by atoms with Crippen LogP contribution in [-0.2, 0) is 14.8 Å². The Bertz CT molecular complexity index is 538. The van der Waals surface area contributed by atoms with Crippen molar-refractivity contribution in [1.82, 2.24) is 4.72 Å². The number of nitrogens with two attached hydrogens (primary N) is 1. The van der Waals surface area contributed by atoms with E-state index in [0.29, 0.717) is 24.2 Å². The number of methoxy groups -OCH3 is 1. The van der Waals surface area contributed by atoms with Crippen molar-refractivity contribution in [2.24, 2.45) is 5.73 Å². The van der Waals surface area contributed by atoms with Crippen molar-refractivity contribution < 1.29 is 17.5 Å². The summed E-state index contributed by atoms with van der Waals surface area (Å²) in [5.74, 6) is -0.443. The van der Waals surface area contributed by atoms with Gasteiger partial charge in [0.05, 0.1) is 11.5 Å². The lowest BCUT2D eigenvalue weighted by atomic mass is 10.1. The first-order valence-electron chi connectivity index (χ1n) is 6.29. The van der Waals surface area contributed by atoms with Crippen LogP contribution in [0, 0.1) is 19.7 Å². The molecule has 0 saturated carbocycles. The molecule has 0 aliphatic heterocycles. The number of halogens is 1. The van der Waals surface area contributed by atoms with Crippen molar-refractivity contribution in [3.05, 3.63) is 29.1 Å². The summed E-state index contributed by atoms with van der Waals surface area (Å²) in [7, 11) is -2.13. The molecule has 0 heterocycles. The molecule has 0 amide bonds. The number of benzene rings is 1. The van der Waals surface area contributed by atoms with E-state index in [4.69, 9.17) is 10.5 Å². The van der Waals surface area contributed by atoms with Crippen LogP contribution in [0.5, 0.6) is 0 Å². The van der Waals surface area contributed by atoms with Gasteiger partial charge in [-0.1, -0.05) is 0 Å². The Kier molecular flexibility index (Phi) is 6.07. The van der Waals surface area contributed by atoms with E-state index in [9.17, 15) is 12.8 Å². The number of hydrogen-bond acceptors (Lipinski definition) is 4. The molecule has 0 saturated heterocycles. The largest absolute Gasteiger partial charge is 0.383 e. The molecule has 3 N–H and O–H groups in total. The third-order valence-corrected chi connectivity index (χ3v) is 4.65. The zero-order valence-corrected chi connectivity index (χ0v) is 12.8. The SMILES string of the molecule is COCC(N)CCNS(=O)(=O)c1c(C)cc(F)cc1C. The van der Waals surface area contributed by atoms with Crippen LogP contribution in [-0.4, -0.2) is 34.7 Å². The molecule has 0 fully saturated rings. The van der Waals surface area contributed by atoms with Crippen molar-refractivity contribution in [3.8, 4) is 0 Å². The third kappa shape index (κ3) is 4.52. The minimum Gasteiger partial charge on any atom is -0.383 e. The Balaban J connectivity index is 2.80. The monoisotopic (exact) mass is 304 g/mol. The molecule has 0 aliphatic carbocycles. The Hall–Kier alpha value is -1.02. The molecule has 0 aliphatic rings. The molecule has 1 rings (SSSR count). The minimum absolute atomic E-state index is 0.124. The molecular formula is C13H21FN2O3S. The first kappa shape index (κ1) is 17.0. The van der Waals surface area contributed by atoms with Gasteiger partial charge in [-0.3, -0.25) is 0 Å². The van der Waals surface area contributed by atoms with Gasteiger partial charge in [-0.2, -0.15) is 0 Å². The van der Waals surface area contributed by atoms with E-state index >= 15 is 0 Å². The van der Waals surface area contributed by atoms with Crippen molar-refractivity contribution in [3.63, 3.8) is 0 Å². The van der Waals surface area contributed by atoms with Crippen LogP contribution in [0.15, 0.2) is 17.0 Å². The van der Waals surface area contributed by atoms with Gasteiger partial charge >= 0.3 is 0 Å². The van der Waals surface area contributed by atoms with E-state index in [-0.39, 0.29) is 17.5 Å². The van der Waals surface area contributed by atoms with Gasteiger partial charge < -0.3 is 10.5 Å². The lowest BCUT2D eigenvalue weighted by Crippen LogP contribution is -2.33. The standard InChI is InChI=1S/C13H21FN2O3S/c1-9-6-11(14)7-10(2)13(9)20(17,18)16-5-4-12(15)8-19-3/h6-7,12,16H,4-5,8,15H2,1-3H3. The molecule has 1 aromatic carbocycles. The van der Waals surface area contributed by atoms with Gasteiger partial charge in [-0.05, 0) is 43.5 Å². The molecule has 0 spiro atoms. The van der Waals surface area contributed by atoms with Crippen LogP contribution < -0.4 is 10.5 Å². The van der Waals surface area contributed by atoms with Gasteiger partial charge in [0.2, 0.25) is 10.0 Å². The summed E-state index contributed by atoms with van der Waals surface area (Å²) in [5.41, 5.74) is 6.49. The number of sulfonamides is 1. The number of hydrogen-bond donors (Lipinski definition) is 2. The highest BCUT2D eigenvalue weighted by Gasteiger charge is 2.20. The highest BCUT2D eigenvalue weighted by molar-refractivity contribution is 7.89. The maximum Gasteiger partial charge on any atom is 0.241 e. The fraction of sp³-hybridized carbons (Fsp3) is 0.538. The molecule has 1 atom stereocenters. The van der Waals surface area contributed by atoms with E-state index < -0.39 is 15.8 Å². The van der Waals surface area contributed by atoms with Crippen LogP contribution >= 0.6 is 0 Å². The number of ether oxygens (including phenoxy) is 1. The van der Waals surface area contributed by atoms with Crippen LogP contribution in [0.1, 0.15) is 17.5 Å². The lowest BCUT2D eigenvalue weighted by molar-refractivity contribution is 0.177. The zero-order valence-electron chi connectivity index (χ0n) is 11.9. The normalized spacial score (nSPS) is 13.4. The quantitative estimate of drug-likeness (QED) is 0.790. The van der Waals surface area contributed by atoms with Gasteiger partial charge in [0, 0.05) is 19.7 Å². The van der Waals surface area contributed by atoms with Gasteiger partial charge in [0.1, 0.15) is 5.82 Å². The minimum atomic E-state index is -3.66. The maximum atomic E-state index is 13.2. The fourth-order valence-electron chi connectivity index (χ4n) is 2.07. The summed E-state index contributed by atoms with van der Waals surface area (Å²) >= 11 is 0.